The van der Waals surface area contributed by atoms with Gasteiger partial charge in [0.2, 0.25) is 11.8 Å². The van der Waals surface area contributed by atoms with Crippen molar-refractivity contribution in [3.63, 3.8) is 0 Å². The van der Waals surface area contributed by atoms with Crippen LogP contribution in [0.3, 0.4) is 0 Å². The van der Waals surface area contributed by atoms with Gasteiger partial charge >= 0.3 is 0 Å². The van der Waals surface area contributed by atoms with E-state index >= 15 is 4.39 Å². The van der Waals surface area contributed by atoms with Gasteiger partial charge in [0, 0.05) is 22.4 Å². The maximum absolute atomic E-state index is 15.1. The molecule has 0 saturated carbocycles. The zero-order chi connectivity index (χ0) is 26.7. The van der Waals surface area contributed by atoms with Crippen molar-refractivity contribution in [2.24, 2.45) is 0 Å². The van der Waals surface area contributed by atoms with E-state index in [0.29, 0.717) is 22.3 Å². The van der Waals surface area contributed by atoms with Gasteiger partial charge in [0.1, 0.15) is 23.9 Å². The summed E-state index contributed by atoms with van der Waals surface area (Å²) in [5, 5.41) is 11.1. The SMILES string of the molecule is CC(=O)c1ccc(N(C(=O)Cn2nnc3ccccc32)C(C(=O)NC(C)(C)C)c2ccccc2F)cc1. The zero-order valence-corrected chi connectivity index (χ0v) is 21.1. The fourth-order valence-corrected chi connectivity index (χ4v) is 4.06. The van der Waals surface area contributed by atoms with E-state index in [1.165, 1.54) is 34.7 Å². The molecule has 1 atom stereocenters. The molecule has 9 heteroatoms. The Labute approximate surface area is 214 Å². The Balaban J connectivity index is 1.85. The average molecular weight is 502 g/mol. The first kappa shape index (κ1) is 25.7. The molecule has 0 fully saturated rings. The number of hydrogen-bond donors (Lipinski definition) is 1. The van der Waals surface area contributed by atoms with Crippen LogP contribution in [0.1, 0.15) is 49.7 Å². The molecule has 0 aliphatic carbocycles. The van der Waals surface area contributed by atoms with Gasteiger partial charge in [-0.3, -0.25) is 19.3 Å². The number of benzene rings is 3. The van der Waals surface area contributed by atoms with Gasteiger partial charge in [-0.2, -0.15) is 0 Å². The fourth-order valence-electron chi connectivity index (χ4n) is 4.06. The lowest BCUT2D eigenvalue weighted by Gasteiger charge is -2.34. The summed E-state index contributed by atoms with van der Waals surface area (Å²) in [5.74, 6) is -1.83. The van der Waals surface area contributed by atoms with Gasteiger partial charge in [0.25, 0.3) is 0 Å². The topological polar surface area (TPSA) is 97.2 Å². The highest BCUT2D eigenvalue weighted by atomic mass is 19.1. The van der Waals surface area contributed by atoms with Gasteiger partial charge in [0.05, 0.1) is 5.52 Å². The summed E-state index contributed by atoms with van der Waals surface area (Å²) < 4.78 is 16.6. The highest BCUT2D eigenvalue weighted by molar-refractivity contribution is 6.02. The van der Waals surface area contributed by atoms with Crippen LogP contribution in [0.2, 0.25) is 0 Å². The van der Waals surface area contributed by atoms with Crippen molar-refractivity contribution in [3.8, 4) is 0 Å². The Bertz CT molecular complexity index is 1460. The van der Waals surface area contributed by atoms with Gasteiger partial charge in [-0.25, -0.2) is 9.07 Å². The third-order valence-electron chi connectivity index (χ3n) is 5.73. The summed E-state index contributed by atoms with van der Waals surface area (Å²) >= 11 is 0. The third-order valence-corrected chi connectivity index (χ3v) is 5.73. The van der Waals surface area contributed by atoms with E-state index in [1.54, 1.807) is 63.2 Å². The van der Waals surface area contributed by atoms with Crippen LogP contribution >= 0.6 is 0 Å². The Morgan fingerprint density at radius 3 is 2.27 bits per heavy atom. The standard InChI is InChI=1S/C28H28FN5O3/c1-18(35)19-13-15-20(16-14-19)34(25(36)17-33-24-12-8-7-11-23(24)31-32-33)26(27(37)30-28(2,3)4)21-9-5-6-10-22(21)29/h5-16,26H,17H2,1-4H3,(H,30,37). The van der Waals surface area contributed by atoms with Gasteiger partial charge in [-0.05, 0) is 70.2 Å². The maximum Gasteiger partial charge on any atom is 0.249 e. The van der Waals surface area contributed by atoms with Gasteiger partial charge in [-0.15, -0.1) is 5.10 Å². The van der Waals surface area contributed by atoms with Gasteiger partial charge in [0.15, 0.2) is 5.78 Å². The van der Waals surface area contributed by atoms with E-state index in [1.807, 2.05) is 12.1 Å². The molecule has 0 bridgehead atoms. The summed E-state index contributed by atoms with van der Waals surface area (Å²) in [7, 11) is 0. The molecule has 4 aromatic rings. The van der Waals surface area contributed by atoms with Crippen molar-refractivity contribution in [1.82, 2.24) is 20.3 Å². The van der Waals surface area contributed by atoms with E-state index in [9.17, 15) is 14.4 Å². The number of fused-ring (bicyclic) bond motifs is 1. The molecule has 4 rings (SSSR count). The first-order valence-electron chi connectivity index (χ1n) is 11.8. The molecule has 1 heterocycles. The number of carbonyl (C=O) groups excluding carboxylic acids is 3. The number of rotatable bonds is 7. The van der Waals surface area contributed by atoms with Crippen LogP contribution in [0.25, 0.3) is 11.0 Å². The van der Waals surface area contributed by atoms with Crippen LogP contribution in [0.15, 0.2) is 72.8 Å². The molecule has 0 spiro atoms. The first-order chi connectivity index (χ1) is 17.5. The van der Waals surface area contributed by atoms with Crippen molar-refractivity contribution in [2.45, 2.75) is 45.8 Å². The van der Waals surface area contributed by atoms with Crippen LogP contribution in [0.4, 0.5) is 10.1 Å². The highest BCUT2D eigenvalue weighted by Gasteiger charge is 2.36. The van der Waals surface area contributed by atoms with Crippen molar-refractivity contribution >= 4 is 34.3 Å². The highest BCUT2D eigenvalue weighted by Crippen LogP contribution is 2.31. The largest absolute Gasteiger partial charge is 0.349 e. The second kappa shape index (κ2) is 10.3. The molecular weight excluding hydrogens is 473 g/mol. The molecule has 1 unspecified atom stereocenters. The first-order valence-corrected chi connectivity index (χ1v) is 11.8. The molecular formula is C28H28FN5O3. The fraction of sp³-hybridized carbons (Fsp3) is 0.250. The second-order valence-corrected chi connectivity index (χ2v) is 9.77. The molecule has 0 saturated heterocycles. The van der Waals surface area contributed by atoms with E-state index < -0.39 is 29.2 Å². The van der Waals surface area contributed by atoms with Crippen LogP contribution in [-0.4, -0.2) is 38.1 Å². The number of Topliss-reactive ketones (excluding diaryl/α,β-unsaturated/α-hetero) is 1. The number of para-hydroxylation sites is 1. The number of anilines is 1. The average Bonchev–Trinajstić information content (AvgIpc) is 3.24. The molecule has 8 nitrogen and oxygen atoms in total. The second-order valence-electron chi connectivity index (χ2n) is 9.77. The summed E-state index contributed by atoms with van der Waals surface area (Å²) in [6.07, 6.45) is 0. The van der Waals surface area contributed by atoms with Crippen molar-refractivity contribution in [3.05, 3.63) is 89.7 Å². The lowest BCUT2D eigenvalue weighted by Crippen LogP contribution is -2.50. The predicted octanol–water partition coefficient (Wildman–Crippen LogP) is 4.46. The Kier molecular flexibility index (Phi) is 7.15. The molecule has 0 aliphatic rings. The number of nitrogens with zero attached hydrogens (tertiary/aromatic N) is 4. The van der Waals surface area contributed by atoms with Crippen molar-refractivity contribution in [1.29, 1.82) is 0 Å². The van der Waals surface area contributed by atoms with Gasteiger partial charge in [-0.1, -0.05) is 35.5 Å². The number of aromatic nitrogens is 3. The molecule has 190 valence electrons. The lowest BCUT2D eigenvalue weighted by atomic mass is 9.99. The van der Waals surface area contributed by atoms with Gasteiger partial charge < -0.3 is 5.32 Å². The molecule has 37 heavy (non-hydrogen) atoms. The Hall–Kier alpha value is -4.40. The lowest BCUT2D eigenvalue weighted by molar-refractivity contribution is -0.128. The molecule has 1 N–H and O–H groups in total. The quantitative estimate of drug-likeness (QED) is 0.377. The van der Waals surface area contributed by atoms with Crippen LogP contribution in [0, 0.1) is 5.82 Å². The van der Waals surface area contributed by atoms with Crippen molar-refractivity contribution in [2.75, 3.05) is 4.90 Å². The summed E-state index contributed by atoms with van der Waals surface area (Å²) in [5.41, 5.74) is 1.43. The number of amides is 2. The molecule has 0 radical (unpaired) electrons. The molecule has 2 amide bonds. The Morgan fingerprint density at radius 1 is 0.973 bits per heavy atom. The smallest absolute Gasteiger partial charge is 0.249 e. The minimum atomic E-state index is -1.33. The van der Waals surface area contributed by atoms with E-state index in [4.69, 9.17) is 0 Å². The minimum Gasteiger partial charge on any atom is -0.349 e. The maximum atomic E-state index is 15.1. The Morgan fingerprint density at radius 2 is 1.62 bits per heavy atom. The monoisotopic (exact) mass is 501 g/mol. The predicted molar refractivity (Wildman–Crippen MR) is 138 cm³/mol. The molecule has 3 aromatic carbocycles. The normalized spacial score (nSPS) is 12.2. The van der Waals surface area contributed by atoms with Crippen molar-refractivity contribution < 1.29 is 18.8 Å². The number of halogens is 1. The van der Waals surface area contributed by atoms with E-state index in [-0.39, 0.29) is 17.9 Å². The van der Waals surface area contributed by atoms with E-state index in [0.717, 1.165) is 0 Å². The summed E-state index contributed by atoms with van der Waals surface area (Å²) in [4.78, 5) is 40.7. The summed E-state index contributed by atoms with van der Waals surface area (Å²) in [6, 6.07) is 18.0. The van der Waals surface area contributed by atoms with Crippen LogP contribution < -0.4 is 10.2 Å². The summed E-state index contributed by atoms with van der Waals surface area (Å²) in [6.45, 7) is 6.60. The molecule has 0 aliphatic heterocycles. The van der Waals surface area contributed by atoms with Crippen LogP contribution in [-0.2, 0) is 16.1 Å². The zero-order valence-electron chi connectivity index (χ0n) is 21.1. The number of nitrogens with one attached hydrogen (secondary N) is 1. The van der Waals surface area contributed by atoms with E-state index in [2.05, 4.69) is 15.6 Å². The van der Waals surface area contributed by atoms with Crippen LogP contribution in [0.5, 0.6) is 0 Å². The number of hydrogen-bond acceptors (Lipinski definition) is 5. The molecule has 1 aromatic heterocycles. The third kappa shape index (κ3) is 5.72. The minimum absolute atomic E-state index is 0.0386. The number of ketones is 1. The number of carbonyl (C=O) groups is 3.